The Morgan fingerprint density at radius 1 is 1.47 bits per heavy atom. The molecule has 1 rings (SSSR count). The van der Waals surface area contributed by atoms with E-state index in [9.17, 15) is 13.6 Å². The molecule has 4 nitrogen and oxygen atoms in total. The van der Waals surface area contributed by atoms with Crippen LogP contribution in [0.2, 0.25) is 0 Å². The van der Waals surface area contributed by atoms with Gasteiger partial charge in [0.25, 0.3) is 0 Å². The van der Waals surface area contributed by atoms with E-state index in [1.54, 1.807) is 0 Å². The molecule has 15 heavy (non-hydrogen) atoms. The summed E-state index contributed by atoms with van der Waals surface area (Å²) in [6.07, 6.45) is 0. The van der Waals surface area contributed by atoms with Crippen molar-refractivity contribution in [3.63, 3.8) is 0 Å². The molecule has 0 spiro atoms. The van der Waals surface area contributed by atoms with Gasteiger partial charge in [-0.3, -0.25) is 0 Å². The molecular weight excluding hydrogens is 208 g/mol. The fourth-order valence-corrected chi connectivity index (χ4v) is 1.04. The van der Waals surface area contributed by atoms with Crippen molar-refractivity contribution in [3.05, 3.63) is 34.9 Å². The summed E-state index contributed by atoms with van der Waals surface area (Å²) in [5.41, 5.74) is 1.58. The monoisotopic (exact) mass is 217 g/mol. The summed E-state index contributed by atoms with van der Waals surface area (Å²) < 4.78 is 26.4. The van der Waals surface area contributed by atoms with Crippen LogP contribution in [0.3, 0.4) is 0 Å². The van der Waals surface area contributed by atoms with Gasteiger partial charge >= 0.3 is 5.97 Å². The maximum Gasteiger partial charge on any atom is 0.335 e. The molecule has 0 unspecified atom stereocenters. The van der Waals surface area contributed by atoms with Gasteiger partial charge in [-0.25, -0.2) is 13.6 Å². The fraction of sp³-hybridized carbons (Fsp3) is 0.222. The highest BCUT2D eigenvalue weighted by Crippen LogP contribution is 2.15. The van der Waals surface area contributed by atoms with Crippen LogP contribution < -0.4 is 5.48 Å². The molecule has 0 aliphatic rings. The third-order valence-electron chi connectivity index (χ3n) is 1.78. The van der Waals surface area contributed by atoms with Gasteiger partial charge in [0.1, 0.15) is 11.6 Å². The lowest BCUT2D eigenvalue weighted by Crippen LogP contribution is -2.14. The Hall–Kier alpha value is -1.53. The Morgan fingerprint density at radius 2 is 2.00 bits per heavy atom. The summed E-state index contributed by atoms with van der Waals surface area (Å²) in [6, 6.07) is 1.52. The standard InChI is InChI=1S/C9H9F2NO3/c1-15-12-4-6-7(10)2-5(9(13)14)3-8(6)11/h2-3,12H,4H2,1H3,(H,13,14). The number of carbonyl (C=O) groups is 1. The zero-order chi connectivity index (χ0) is 11.4. The Labute approximate surface area is 84.4 Å². The molecule has 2 N–H and O–H groups in total. The second-order valence-electron chi connectivity index (χ2n) is 2.75. The van der Waals surface area contributed by atoms with E-state index in [2.05, 4.69) is 10.3 Å². The number of aromatic carboxylic acids is 1. The van der Waals surface area contributed by atoms with Gasteiger partial charge in [0.15, 0.2) is 0 Å². The Morgan fingerprint density at radius 3 is 2.40 bits per heavy atom. The summed E-state index contributed by atoms with van der Waals surface area (Å²) in [5.74, 6) is -3.21. The maximum atomic E-state index is 13.2. The lowest BCUT2D eigenvalue weighted by molar-refractivity contribution is 0.0695. The molecule has 0 aliphatic heterocycles. The normalized spacial score (nSPS) is 10.3. The van der Waals surface area contributed by atoms with E-state index in [4.69, 9.17) is 5.11 Å². The Bertz CT molecular complexity index is 359. The molecule has 0 saturated heterocycles. The van der Waals surface area contributed by atoms with Crippen molar-refractivity contribution in [3.8, 4) is 0 Å². The fourth-order valence-electron chi connectivity index (χ4n) is 1.04. The first kappa shape index (κ1) is 11.5. The zero-order valence-electron chi connectivity index (χ0n) is 7.88. The smallest absolute Gasteiger partial charge is 0.335 e. The van der Waals surface area contributed by atoms with Crippen molar-refractivity contribution in [1.29, 1.82) is 0 Å². The van der Waals surface area contributed by atoms with Crippen LogP contribution in [0.15, 0.2) is 12.1 Å². The molecule has 0 bridgehead atoms. The van der Waals surface area contributed by atoms with Crippen LogP contribution in [-0.2, 0) is 11.4 Å². The van der Waals surface area contributed by atoms with Gasteiger partial charge < -0.3 is 9.94 Å². The first-order valence-corrected chi connectivity index (χ1v) is 4.03. The van der Waals surface area contributed by atoms with Crippen LogP contribution in [0.4, 0.5) is 8.78 Å². The Balaban J connectivity index is 3.04. The minimum Gasteiger partial charge on any atom is -0.478 e. The van der Waals surface area contributed by atoms with E-state index >= 15 is 0 Å². The molecule has 82 valence electrons. The van der Waals surface area contributed by atoms with Gasteiger partial charge in [-0.1, -0.05) is 0 Å². The van der Waals surface area contributed by atoms with E-state index in [0.29, 0.717) is 0 Å². The number of rotatable bonds is 4. The Kier molecular flexibility index (Phi) is 3.70. The maximum absolute atomic E-state index is 13.2. The summed E-state index contributed by atoms with van der Waals surface area (Å²) >= 11 is 0. The number of carboxylic acid groups (broad SMARTS) is 1. The average Bonchev–Trinajstić information content (AvgIpc) is 2.16. The highest BCUT2D eigenvalue weighted by molar-refractivity contribution is 5.87. The third-order valence-corrected chi connectivity index (χ3v) is 1.78. The molecule has 0 heterocycles. The first-order chi connectivity index (χ1) is 7.06. The summed E-state index contributed by atoms with van der Waals surface area (Å²) in [7, 11) is 1.31. The summed E-state index contributed by atoms with van der Waals surface area (Å²) in [6.45, 7) is -0.173. The predicted octanol–water partition coefficient (Wildman–Crippen LogP) is 1.31. The van der Waals surface area contributed by atoms with Gasteiger partial charge in [0.05, 0.1) is 19.2 Å². The molecular formula is C9H9F2NO3. The summed E-state index contributed by atoms with van der Waals surface area (Å²) in [5, 5.41) is 8.53. The molecule has 1 aromatic rings. The predicted molar refractivity (Wildman–Crippen MR) is 47.2 cm³/mol. The minimum atomic E-state index is -1.38. The van der Waals surface area contributed by atoms with E-state index in [-0.39, 0.29) is 12.1 Å². The van der Waals surface area contributed by atoms with Gasteiger partial charge in [0, 0.05) is 5.56 Å². The lowest BCUT2D eigenvalue weighted by atomic mass is 10.1. The number of hydroxylamine groups is 1. The molecule has 0 aromatic heterocycles. The molecule has 0 saturated carbocycles. The number of benzene rings is 1. The molecule has 6 heteroatoms. The van der Waals surface area contributed by atoms with Gasteiger partial charge in [-0.2, -0.15) is 5.48 Å². The van der Waals surface area contributed by atoms with Crippen LogP contribution in [-0.4, -0.2) is 18.2 Å². The number of hydrogen-bond acceptors (Lipinski definition) is 3. The van der Waals surface area contributed by atoms with Gasteiger partial charge in [-0.15, -0.1) is 0 Å². The van der Waals surface area contributed by atoms with E-state index in [0.717, 1.165) is 12.1 Å². The number of nitrogens with one attached hydrogen (secondary N) is 1. The van der Waals surface area contributed by atoms with Gasteiger partial charge in [-0.05, 0) is 12.1 Å². The highest BCUT2D eigenvalue weighted by Gasteiger charge is 2.14. The average molecular weight is 217 g/mol. The molecule has 0 radical (unpaired) electrons. The topological polar surface area (TPSA) is 58.6 Å². The number of halogens is 2. The van der Waals surface area contributed by atoms with Crippen molar-refractivity contribution in [1.82, 2.24) is 5.48 Å². The second-order valence-corrected chi connectivity index (χ2v) is 2.75. The van der Waals surface area contributed by atoms with Crippen molar-refractivity contribution in [2.75, 3.05) is 7.11 Å². The van der Waals surface area contributed by atoms with Crippen LogP contribution in [0.5, 0.6) is 0 Å². The van der Waals surface area contributed by atoms with Crippen molar-refractivity contribution in [2.45, 2.75) is 6.54 Å². The van der Waals surface area contributed by atoms with Crippen LogP contribution in [0.25, 0.3) is 0 Å². The largest absolute Gasteiger partial charge is 0.478 e. The zero-order valence-corrected chi connectivity index (χ0v) is 7.88. The highest BCUT2D eigenvalue weighted by atomic mass is 19.1. The van der Waals surface area contributed by atoms with Crippen LogP contribution in [0, 0.1) is 11.6 Å². The summed E-state index contributed by atoms with van der Waals surface area (Å²) in [4.78, 5) is 14.9. The molecule has 1 aromatic carbocycles. The van der Waals surface area contributed by atoms with Crippen LogP contribution in [0.1, 0.15) is 15.9 Å². The van der Waals surface area contributed by atoms with Crippen molar-refractivity contribution >= 4 is 5.97 Å². The quantitative estimate of drug-likeness (QED) is 0.746. The number of hydrogen-bond donors (Lipinski definition) is 2. The molecule has 0 amide bonds. The molecule has 0 aliphatic carbocycles. The first-order valence-electron chi connectivity index (χ1n) is 4.03. The lowest BCUT2D eigenvalue weighted by Gasteiger charge is -2.06. The molecule has 0 fully saturated rings. The minimum absolute atomic E-state index is 0.173. The van der Waals surface area contributed by atoms with E-state index in [1.165, 1.54) is 7.11 Å². The van der Waals surface area contributed by atoms with Gasteiger partial charge in [0.2, 0.25) is 0 Å². The number of carboxylic acids is 1. The third kappa shape index (κ3) is 2.71. The van der Waals surface area contributed by atoms with Crippen molar-refractivity contribution < 1.29 is 23.5 Å². The molecule has 0 atom stereocenters. The van der Waals surface area contributed by atoms with Crippen molar-refractivity contribution in [2.24, 2.45) is 0 Å². The SMILES string of the molecule is CONCc1c(F)cc(C(=O)O)cc1F. The van der Waals surface area contributed by atoms with E-state index < -0.39 is 23.2 Å². The van der Waals surface area contributed by atoms with Crippen LogP contribution >= 0.6 is 0 Å². The second kappa shape index (κ2) is 4.81. The van der Waals surface area contributed by atoms with E-state index in [1.807, 2.05) is 0 Å².